The lowest BCUT2D eigenvalue weighted by molar-refractivity contribution is 0.768. The van der Waals surface area contributed by atoms with E-state index in [1.165, 1.54) is 0 Å². The van der Waals surface area contributed by atoms with Crippen molar-refractivity contribution < 1.29 is 0 Å². The molecule has 0 saturated heterocycles. The first-order valence-electron chi connectivity index (χ1n) is 7.46. The minimum atomic E-state index is 0. The Hall–Kier alpha value is -3.46. The quantitative estimate of drug-likeness (QED) is 0.517. The molecule has 0 fully saturated rings. The maximum Gasteiger partial charge on any atom is 0.169 e. The van der Waals surface area contributed by atoms with Crippen molar-refractivity contribution >= 4 is 17.3 Å². The topological polar surface area (TPSA) is 134 Å². The molecule has 0 spiro atoms. The summed E-state index contributed by atoms with van der Waals surface area (Å²) >= 11 is 0. The summed E-state index contributed by atoms with van der Waals surface area (Å²) in [5.74, 6) is 0.924. The number of aromatic nitrogens is 6. The fourth-order valence-electron chi connectivity index (χ4n) is 2.48. The number of hydrogen-bond donors (Lipinski definition) is 3. The van der Waals surface area contributed by atoms with Gasteiger partial charge in [0.1, 0.15) is 5.65 Å². The summed E-state index contributed by atoms with van der Waals surface area (Å²) in [6.45, 7) is 0.587. The zero-order valence-corrected chi connectivity index (χ0v) is 13.8. The van der Waals surface area contributed by atoms with E-state index < -0.39 is 0 Å². The van der Waals surface area contributed by atoms with E-state index in [1.807, 2.05) is 42.2 Å². The van der Waals surface area contributed by atoms with Crippen molar-refractivity contribution in [1.82, 2.24) is 35.3 Å². The number of fused-ring (bicyclic) bond motifs is 1. The van der Waals surface area contributed by atoms with Crippen molar-refractivity contribution in [3.8, 4) is 11.3 Å². The molecule has 0 bridgehead atoms. The van der Waals surface area contributed by atoms with Gasteiger partial charge in [-0.1, -0.05) is 6.07 Å². The van der Waals surface area contributed by atoms with E-state index in [0.29, 0.717) is 18.2 Å². The largest absolute Gasteiger partial charge is 0.381 e. The van der Waals surface area contributed by atoms with Gasteiger partial charge in [0.15, 0.2) is 11.6 Å². The lowest BCUT2D eigenvalue weighted by Crippen LogP contribution is -2.07. The monoisotopic (exact) mass is 337 g/mol. The molecule has 0 unspecified atom stereocenters. The average molecular weight is 337 g/mol. The van der Waals surface area contributed by atoms with E-state index in [4.69, 9.17) is 5.73 Å². The predicted octanol–water partition coefficient (Wildman–Crippen LogP) is 1.88. The van der Waals surface area contributed by atoms with Crippen molar-refractivity contribution in [3.63, 3.8) is 0 Å². The van der Waals surface area contributed by atoms with Crippen LogP contribution in [0.3, 0.4) is 0 Å². The Bertz CT molecular complexity index is 1000. The van der Waals surface area contributed by atoms with Crippen molar-refractivity contribution in [2.75, 3.05) is 11.1 Å². The molecule has 4 rings (SSSR count). The van der Waals surface area contributed by atoms with Gasteiger partial charge in [-0.25, -0.2) is 15.0 Å². The molecule has 0 radical (unpaired) electrons. The maximum absolute atomic E-state index is 5.94. The molecule has 9 nitrogen and oxygen atoms in total. The second-order valence-corrected chi connectivity index (χ2v) is 5.48. The summed E-state index contributed by atoms with van der Waals surface area (Å²) in [5.41, 5.74) is 9.57. The number of anilines is 2. The molecule has 9 heteroatoms. The van der Waals surface area contributed by atoms with Crippen molar-refractivity contribution in [2.24, 2.45) is 7.05 Å². The van der Waals surface area contributed by atoms with Crippen LogP contribution in [0.5, 0.6) is 0 Å². The number of aryl methyl sites for hydroxylation is 1. The Morgan fingerprint density at radius 3 is 2.84 bits per heavy atom. The van der Waals surface area contributed by atoms with Crippen LogP contribution in [0.2, 0.25) is 0 Å². The molecule has 0 amide bonds. The van der Waals surface area contributed by atoms with Crippen LogP contribution < -0.4 is 17.2 Å². The smallest absolute Gasteiger partial charge is 0.169 e. The molecule has 0 aromatic carbocycles. The SMILES string of the molecule is Cn1cc(-c2cnc(N)c(NCc3ccc4nccn4c3)n2)cn1.N. The highest BCUT2D eigenvalue weighted by Crippen LogP contribution is 2.21. The minimum absolute atomic E-state index is 0. The lowest BCUT2D eigenvalue weighted by atomic mass is 10.2. The Balaban J connectivity index is 0.00000182. The van der Waals surface area contributed by atoms with Crippen LogP contribution in [0.1, 0.15) is 5.56 Å². The molecule has 0 saturated carbocycles. The van der Waals surface area contributed by atoms with Gasteiger partial charge in [0.2, 0.25) is 0 Å². The average Bonchev–Trinajstić information content (AvgIpc) is 3.22. The second-order valence-electron chi connectivity index (χ2n) is 5.48. The van der Waals surface area contributed by atoms with Crippen LogP contribution in [0.25, 0.3) is 16.9 Å². The van der Waals surface area contributed by atoms with Crippen LogP contribution in [0, 0.1) is 0 Å². The van der Waals surface area contributed by atoms with Gasteiger partial charge in [-0.3, -0.25) is 4.68 Å². The molecule has 4 heterocycles. The highest BCUT2D eigenvalue weighted by molar-refractivity contribution is 5.64. The minimum Gasteiger partial charge on any atom is -0.381 e. The van der Waals surface area contributed by atoms with E-state index in [9.17, 15) is 0 Å². The van der Waals surface area contributed by atoms with Gasteiger partial charge in [-0.2, -0.15) is 5.10 Å². The molecule has 128 valence electrons. The third-order valence-electron chi connectivity index (χ3n) is 3.71. The zero-order chi connectivity index (χ0) is 16.5. The van der Waals surface area contributed by atoms with Crippen LogP contribution in [0.15, 0.2) is 49.3 Å². The fraction of sp³-hybridized carbons (Fsp3) is 0.125. The number of nitrogens with two attached hydrogens (primary N) is 1. The number of imidazole rings is 1. The summed E-state index contributed by atoms with van der Waals surface area (Å²) in [7, 11) is 1.86. The van der Waals surface area contributed by atoms with Crippen LogP contribution in [-0.4, -0.2) is 29.1 Å². The van der Waals surface area contributed by atoms with Gasteiger partial charge >= 0.3 is 0 Å². The third kappa shape index (κ3) is 3.26. The molecular formula is C16H19N9. The maximum atomic E-state index is 5.94. The highest BCUT2D eigenvalue weighted by Gasteiger charge is 2.08. The molecule has 25 heavy (non-hydrogen) atoms. The Morgan fingerprint density at radius 1 is 1.16 bits per heavy atom. The van der Waals surface area contributed by atoms with E-state index >= 15 is 0 Å². The van der Waals surface area contributed by atoms with Crippen molar-refractivity contribution in [1.29, 1.82) is 0 Å². The Labute approximate surface area is 144 Å². The summed E-state index contributed by atoms with van der Waals surface area (Å²) < 4.78 is 3.69. The number of pyridine rings is 1. The van der Waals surface area contributed by atoms with Gasteiger partial charge in [0.25, 0.3) is 0 Å². The predicted molar refractivity (Wildman–Crippen MR) is 96.2 cm³/mol. The van der Waals surface area contributed by atoms with E-state index in [0.717, 1.165) is 22.5 Å². The summed E-state index contributed by atoms with van der Waals surface area (Å²) in [6.07, 6.45) is 11.0. The normalized spacial score (nSPS) is 10.6. The molecule has 0 aliphatic carbocycles. The first-order valence-corrected chi connectivity index (χ1v) is 7.46. The first-order chi connectivity index (χ1) is 11.7. The molecule has 6 N–H and O–H groups in total. The fourth-order valence-corrected chi connectivity index (χ4v) is 2.48. The molecule has 0 atom stereocenters. The number of nitrogens with zero attached hydrogens (tertiary/aromatic N) is 6. The second kappa shape index (κ2) is 6.57. The number of nitrogens with one attached hydrogen (secondary N) is 1. The molecule has 0 aliphatic heterocycles. The molecular weight excluding hydrogens is 318 g/mol. The van der Waals surface area contributed by atoms with E-state index in [1.54, 1.807) is 23.3 Å². The zero-order valence-electron chi connectivity index (χ0n) is 13.8. The van der Waals surface area contributed by atoms with Gasteiger partial charge in [-0.05, 0) is 11.6 Å². The summed E-state index contributed by atoms with van der Waals surface area (Å²) in [5, 5.41) is 7.39. The number of hydrogen-bond acceptors (Lipinski definition) is 7. The van der Waals surface area contributed by atoms with Crippen molar-refractivity contribution in [3.05, 3.63) is 54.9 Å². The number of nitrogen functional groups attached to an aromatic ring is 1. The third-order valence-corrected chi connectivity index (χ3v) is 3.71. The van der Waals surface area contributed by atoms with Crippen LogP contribution in [0.4, 0.5) is 11.6 Å². The van der Waals surface area contributed by atoms with Gasteiger partial charge in [-0.15, -0.1) is 0 Å². The standard InChI is InChI=1S/C16H16N8.H3N/c1-23-10-12(7-21-23)13-8-19-15(17)16(22-13)20-6-11-2-3-14-18-4-5-24(14)9-11;/h2-5,7-10H,6H2,1H3,(H2,17,19)(H,20,22);1H3. The molecule has 4 aromatic heterocycles. The Kier molecular flexibility index (Phi) is 4.31. The van der Waals surface area contributed by atoms with Gasteiger partial charge in [0, 0.05) is 43.9 Å². The summed E-state index contributed by atoms with van der Waals surface area (Å²) in [6, 6.07) is 3.99. The molecule has 4 aromatic rings. The van der Waals surface area contributed by atoms with Gasteiger partial charge < -0.3 is 21.6 Å². The lowest BCUT2D eigenvalue weighted by Gasteiger charge is -2.09. The van der Waals surface area contributed by atoms with Gasteiger partial charge in [0.05, 0.1) is 18.1 Å². The van der Waals surface area contributed by atoms with E-state index in [-0.39, 0.29) is 6.15 Å². The number of rotatable bonds is 4. The highest BCUT2D eigenvalue weighted by atomic mass is 15.2. The first kappa shape index (κ1) is 16.4. The van der Waals surface area contributed by atoms with Crippen LogP contribution >= 0.6 is 0 Å². The van der Waals surface area contributed by atoms with E-state index in [2.05, 4.69) is 25.4 Å². The summed E-state index contributed by atoms with van der Waals surface area (Å²) in [4.78, 5) is 13.0. The molecule has 0 aliphatic rings. The van der Waals surface area contributed by atoms with Crippen molar-refractivity contribution in [2.45, 2.75) is 6.54 Å². The Morgan fingerprint density at radius 2 is 2.04 bits per heavy atom. The van der Waals surface area contributed by atoms with Crippen LogP contribution in [-0.2, 0) is 13.6 Å².